The minimum absolute atomic E-state index is 0.159. The maximum absolute atomic E-state index is 9.82. The molecule has 0 radical (unpaired) electrons. The standard InChI is InChI=1S/C19H28O/c1-14-7-10-17(20)13-16(14)9-8-15-5-3-11-19(2)12-4-6-18(15)19/h8-9,17-18,20H,1,3-7,10-13H2,2H3/t17-,18+,19-/m1/s1. The quantitative estimate of drug-likeness (QED) is 0.717. The normalized spacial score (nSPS) is 42.2. The Kier molecular flexibility index (Phi) is 3.90. The molecular formula is C19H28O. The van der Waals surface area contributed by atoms with E-state index in [1.165, 1.54) is 49.7 Å². The summed E-state index contributed by atoms with van der Waals surface area (Å²) < 4.78 is 0. The topological polar surface area (TPSA) is 20.2 Å². The molecule has 1 heteroatoms. The summed E-state index contributed by atoms with van der Waals surface area (Å²) in [6.07, 6.45) is 15.4. The molecule has 0 bridgehead atoms. The number of rotatable bonds is 1. The van der Waals surface area contributed by atoms with Crippen molar-refractivity contribution in [3.63, 3.8) is 0 Å². The Morgan fingerprint density at radius 1 is 1.15 bits per heavy atom. The molecule has 3 aliphatic rings. The van der Waals surface area contributed by atoms with Crippen molar-refractivity contribution in [3.05, 3.63) is 35.5 Å². The average molecular weight is 272 g/mol. The van der Waals surface area contributed by atoms with Gasteiger partial charge in [0.15, 0.2) is 0 Å². The van der Waals surface area contributed by atoms with Gasteiger partial charge in [-0.2, -0.15) is 0 Å². The van der Waals surface area contributed by atoms with Crippen LogP contribution in [0.1, 0.15) is 64.7 Å². The van der Waals surface area contributed by atoms with Crippen LogP contribution in [0.5, 0.6) is 0 Å². The van der Waals surface area contributed by atoms with Gasteiger partial charge < -0.3 is 5.11 Å². The molecule has 1 nitrogen and oxygen atoms in total. The highest BCUT2D eigenvalue weighted by atomic mass is 16.3. The third-order valence-corrected chi connectivity index (χ3v) is 5.93. The number of hydrogen-bond acceptors (Lipinski definition) is 1. The molecule has 1 N–H and O–H groups in total. The fourth-order valence-electron chi connectivity index (χ4n) is 4.63. The maximum atomic E-state index is 9.82. The van der Waals surface area contributed by atoms with Crippen LogP contribution in [-0.4, -0.2) is 11.2 Å². The smallest absolute Gasteiger partial charge is 0.0583 e. The molecule has 3 fully saturated rings. The van der Waals surface area contributed by atoms with Gasteiger partial charge in [0.2, 0.25) is 0 Å². The molecule has 0 spiro atoms. The lowest BCUT2D eigenvalue weighted by Gasteiger charge is -2.38. The monoisotopic (exact) mass is 272 g/mol. The lowest BCUT2D eigenvalue weighted by molar-refractivity contribution is 0.158. The second-order valence-corrected chi connectivity index (χ2v) is 7.39. The maximum Gasteiger partial charge on any atom is 0.0583 e. The van der Waals surface area contributed by atoms with Gasteiger partial charge in [0, 0.05) is 0 Å². The van der Waals surface area contributed by atoms with E-state index in [4.69, 9.17) is 0 Å². The molecule has 0 aromatic heterocycles. The molecule has 0 saturated heterocycles. The molecule has 3 aliphatic carbocycles. The van der Waals surface area contributed by atoms with Gasteiger partial charge >= 0.3 is 0 Å². The second-order valence-electron chi connectivity index (χ2n) is 7.39. The van der Waals surface area contributed by atoms with Gasteiger partial charge in [0.05, 0.1) is 6.10 Å². The van der Waals surface area contributed by atoms with Crippen LogP contribution in [-0.2, 0) is 0 Å². The molecule has 3 saturated carbocycles. The SMILES string of the molecule is C=C1CC[C@@H](O)CC1=CC=C1CCC[C@]2(C)CCC[C@@H]12. The fourth-order valence-corrected chi connectivity index (χ4v) is 4.63. The molecule has 0 aromatic rings. The van der Waals surface area contributed by atoms with Crippen LogP contribution in [0.15, 0.2) is 35.5 Å². The molecule has 3 rings (SSSR count). The Bertz CT molecular complexity index is 456. The number of aliphatic hydroxyl groups excluding tert-OH is 1. The van der Waals surface area contributed by atoms with Crippen LogP contribution in [0, 0.1) is 11.3 Å². The molecule has 3 atom stereocenters. The van der Waals surface area contributed by atoms with Crippen molar-refractivity contribution >= 4 is 0 Å². The zero-order chi connectivity index (χ0) is 14.2. The molecule has 110 valence electrons. The molecule has 0 aromatic carbocycles. The van der Waals surface area contributed by atoms with Crippen molar-refractivity contribution in [2.45, 2.75) is 70.8 Å². The first-order valence-electron chi connectivity index (χ1n) is 8.34. The second kappa shape index (κ2) is 5.52. The van der Waals surface area contributed by atoms with E-state index in [2.05, 4.69) is 25.7 Å². The fraction of sp³-hybridized carbons (Fsp3) is 0.684. The first kappa shape index (κ1) is 14.1. The van der Waals surface area contributed by atoms with Crippen molar-refractivity contribution < 1.29 is 5.11 Å². The summed E-state index contributed by atoms with van der Waals surface area (Å²) in [5.41, 5.74) is 4.75. The average Bonchev–Trinajstić information content (AvgIpc) is 2.82. The first-order chi connectivity index (χ1) is 9.58. The van der Waals surface area contributed by atoms with Crippen LogP contribution in [0.2, 0.25) is 0 Å². The molecule has 0 aliphatic heterocycles. The van der Waals surface area contributed by atoms with E-state index in [0.29, 0.717) is 5.41 Å². The first-order valence-corrected chi connectivity index (χ1v) is 8.34. The van der Waals surface area contributed by atoms with E-state index < -0.39 is 0 Å². The van der Waals surface area contributed by atoms with E-state index in [9.17, 15) is 5.11 Å². The highest BCUT2D eigenvalue weighted by Crippen LogP contribution is 2.54. The zero-order valence-corrected chi connectivity index (χ0v) is 12.8. The minimum Gasteiger partial charge on any atom is -0.393 e. The van der Waals surface area contributed by atoms with Crippen LogP contribution >= 0.6 is 0 Å². The Balaban J connectivity index is 1.79. The van der Waals surface area contributed by atoms with Gasteiger partial charge in [-0.1, -0.05) is 43.2 Å². The van der Waals surface area contributed by atoms with Crippen LogP contribution < -0.4 is 0 Å². The van der Waals surface area contributed by atoms with Gasteiger partial charge in [-0.25, -0.2) is 0 Å². The van der Waals surface area contributed by atoms with Gasteiger partial charge in [-0.15, -0.1) is 0 Å². The van der Waals surface area contributed by atoms with Crippen molar-refractivity contribution in [2.24, 2.45) is 11.3 Å². The molecule has 20 heavy (non-hydrogen) atoms. The third-order valence-electron chi connectivity index (χ3n) is 5.93. The summed E-state index contributed by atoms with van der Waals surface area (Å²) in [7, 11) is 0. The van der Waals surface area contributed by atoms with Gasteiger partial charge in [0.25, 0.3) is 0 Å². The predicted molar refractivity (Wildman–Crippen MR) is 84.5 cm³/mol. The minimum atomic E-state index is -0.159. The zero-order valence-electron chi connectivity index (χ0n) is 12.8. The third kappa shape index (κ3) is 2.65. The lowest BCUT2D eigenvalue weighted by Crippen LogP contribution is -2.27. The van der Waals surface area contributed by atoms with Crippen molar-refractivity contribution in [1.82, 2.24) is 0 Å². The predicted octanol–water partition coefficient (Wildman–Crippen LogP) is 4.93. The largest absolute Gasteiger partial charge is 0.393 e. The van der Waals surface area contributed by atoms with Crippen molar-refractivity contribution in [1.29, 1.82) is 0 Å². The van der Waals surface area contributed by atoms with E-state index in [0.717, 1.165) is 25.2 Å². The summed E-state index contributed by atoms with van der Waals surface area (Å²) in [5.74, 6) is 0.815. The van der Waals surface area contributed by atoms with Crippen LogP contribution in [0.4, 0.5) is 0 Å². The summed E-state index contributed by atoms with van der Waals surface area (Å²) in [4.78, 5) is 0. The summed E-state index contributed by atoms with van der Waals surface area (Å²) in [5, 5.41) is 9.82. The van der Waals surface area contributed by atoms with Crippen LogP contribution in [0.25, 0.3) is 0 Å². The summed E-state index contributed by atoms with van der Waals surface area (Å²) in [6, 6.07) is 0. The lowest BCUT2D eigenvalue weighted by atomic mass is 9.67. The van der Waals surface area contributed by atoms with Gasteiger partial charge in [-0.3, -0.25) is 0 Å². The number of hydrogen-bond donors (Lipinski definition) is 1. The number of fused-ring (bicyclic) bond motifs is 1. The van der Waals surface area contributed by atoms with Crippen molar-refractivity contribution in [3.8, 4) is 0 Å². The van der Waals surface area contributed by atoms with E-state index in [-0.39, 0.29) is 6.10 Å². The van der Waals surface area contributed by atoms with Crippen molar-refractivity contribution in [2.75, 3.05) is 0 Å². The summed E-state index contributed by atoms with van der Waals surface area (Å²) in [6.45, 7) is 6.66. The van der Waals surface area contributed by atoms with Crippen LogP contribution in [0.3, 0.4) is 0 Å². The Labute approximate surface area is 123 Å². The van der Waals surface area contributed by atoms with Gasteiger partial charge in [0.1, 0.15) is 0 Å². The molecular weight excluding hydrogens is 244 g/mol. The number of aliphatic hydroxyl groups is 1. The summed E-state index contributed by atoms with van der Waals surface area (Å²) >= 11 is 0. The van der Waals surface area contributed by atoms with E-state index in [1.54, 1.807) is 5.57 Å². The Morgan fingerprint density at radius 2 is 1.95 bits per heavy atom. The molecule has 0 unspecified atom stereocenters. The van der Waals surface area contributed by atoms with Gasteiger partial charge in [-0.05, 0) is 68.3 Å². The molecule has 0 amide bonds. The number of allylic oxidation sites excluding steroid dienone is 4. The highest BCUT2D eigenvalue weighted by Gasteiger charge is 2.42. The molecule has 0 heterocycles. The van der Waals surface area contributed by atoms with E-state index >= 15 is 0 Å². The van der Waals surface area contributed by atoms with E-state index in [1.807, 2.05) is 0 Å². The Morgan fingerprint density at radius 3 is 2.80 bits per heavy atom. The highest BCUT2D eigenvalue weighted by molar-refractivity contribution is 5.36. The Hall–Kier alpha value is -0.820.